The first-order valence-corrected chi connectivity index (χ1v) is 10.3. The molecule has 1 heterocycles. The van der Waals surface area contributed by atoms with E-state index in [-0.39, 0.29) is 17.4 Å². The van der Waals surface area contributed by atoms with E-state index in [1.165, 1.54) is 6.07 Å². The lowest BCUT2D eigenvalue weighted by Crippen LogP contribution is -2.37. The molecule has 2 aromatic carbocycles. The van der Waals surface area contributed by atoms with Gasteiger partial charge in [0.05, 0.1) is 16.9 Å². The standard InChI is InChI=1S/C22H24F3N3O2S/c1-14-9-15(2)11-17(10-14)30-13-20(29)27-21(31)26-18-12-16(22(23,24)25)5-6-19(18)28-7-3-4-8-28/h5-6,9-12H,3-4,7-8,13H2,1-2H3,(H2,26,27,29,31). The van der Waals surface area contributed by atoms with Crippen LogP contribution in [0.4, 0.5) is 24.5 Å². The predicted molar refractivity (Wildman–Crippen MR) is 119 cm³/mol. The third-order valence-corrected chi connectivity index (χ3v) is 5.04. The van der Waals surface area contributed by atoms with Crippen LogP contribution in [-0.2, 0) is 11.0 Å². The van der Waals surface area contributed by atoms with Crippen molar-refractivity contribution in [2.75, 3.05) is 29.9 Å². The molecule has 2 aromatic rings. The van der Waals surface area contributed by atoms with Gasteiger partial charge in [0.2, 0.25) is 0 Å². The second-order valence-electron chi connectivity index (χ2n) is 7.54. The molecule has 31 heavy (non-hydrogen) atoms. The number of benzene rings is 2. The summed E-state index contributed by atoms with van der Waals surface area (Å²) in [5, 5.41) is 5.12. The van der Waals surface area contributed by atoms with Gasteiger partial charge in [-0.05, 0) is 80.4 Å². The Balaban J connectivity index is 1.66. The van der Waals surface area contributed by atoms with Crippen LogP contribution < -0.4 is 20.3 Å². The van der Waals surface area contributed by atoms with Gasteiger partial charge in [-0.2, -0.15) is 13.2 Å². The predicted octanol–water partition coefficient (Wildman–Crippen LogP) is 4.81. The van der Waals surface area contributed by atoms with Crippen molar-refractivity contribution in [1.29, 1.82) is 0 Å². The van der Waals surface area contributed by atoms with Gasteiger partial charge < -0.3 is 15.0 Å². The monoisotopic (exact) mass is 451 g/mol. The molecular formula is C22H24F3N3O2S. The third-order valence-electron chi connectivity index (χ3n) is 4.84. The van der Waals surface area contributed by atoms with E-state index >= 15 is 0 Å². The number of rotatable bonds is 5. The Morgan fingerprint density at radius 1 is 1.10 bits per heavy atom. The summed E-state index contributed by atoms with van der Waals surface area (Å²) in [6.45, 7) is 5.08. The fraction of sp³-hybridized carbons (Fsp3) is 0.364. The molecule has 1 fully saturated rings. The highest BCUT2D eigenvalue weighted by Crippen LogP contribution is 2.36. The molecule has 0 aliphatic carbocycles. The van der Waals surface area contributed by atoms with Crippen molar-refractivity contribution in [3.63, 3.8) is 0 Å². The number of amides is 1. The fourth-order valence-electron chi connectivity index (χ4n) is 3.53. The summed E-state index contributed by atoms with van der Waals surface area (Å²) in [6.07, 6.45) is -2.54. The van der Waals surface area contributed by atoms with Gasteiger partial charge in [0, 0.05) is 13.1 Å². The van der Waals surface area contributed by atoms with Gasteiger partial charge in [0.25, 0.3) is 5.91 Å². The minimum Gasteiger partial charge on any atom is -0.484 e. The van der Waals surface area contributed by atoms with E-state index in [9.17, 15) is 18.0 Å². The second kappa shape index (κ2) is 9.55. The van der Waals surface area contributed by atoms with Crippen molar-refractivity contribution in [3.8, 4) is 5.75 Å². The van der Waals surface area contributed by atoms with Crippen LogP contribution in [0.3, 0.4) is 0 Å². The Morgan fingerprint density at radius 2 is 1.74 bits per heavy atom. The lowest BCUT2D eigenvalue weighted by Gasteiger charge is -2.23. The molecule has 0 spiro atoms. The summed E-state index contributed by atoms with van der Waals surface area (Å²) < 4.78 is 45.0. The number of alkyl halides is 3. The molecule has 1 amide bonds. The zero-order valence-electron chi connectivity index (χ0n) is 17.3. The van der Waals surface area contributed by atoms with Gasteiger partial charge in [-0.3, -0.25) is 10.1 Å². The number of hydrogen-bond acceptors (Lipinski definition) is 4. The number of ether oxygens (including phenoxy) is 1. The Labute approximate surface area is 184 Å². The summed E-state index contributed by atoms with van der Waals surface area (Å²) >= 11 is 5.16. The molecule has 0 aromatic heterocycles. The van der Waals surface area contributed by atoms with Crippen molar-refractivity contribution < 1.29 is 22.7 Å². The Morgan fingerprint density at radius 3 is 2.35 bits per heavy atom. The van der Waals surface area contributed by atoms with Crippen molar-refractivity contribution in [3.05, 3.63) is 53.1 Å². The van der Waals surface area contributed by atoms with E-state index in [1.807, 2.05) is 36.9 Å². The van der Waals surface area contributed by atoms with Crippen molar-refractivity contribution in [1.82, 2.24) is 5.32 Å². The average Bonchev–Trinajstić information content (AvgIpc) is 3.19. The second-order valence-corrected chi connectivity index (χ2v) is 7.95. The number of aryl methyl sites for hydroxylation is 2. The highest BCUT2D eigenvalue weighted by atomic mass is 32.1. The lowest BCUT2D eigenvalue weighted by atomic mass is 10.1. The Bertz CT molecular complexity index is 953. The number of hydrogen-bond donors (Lipinski definition) is 2. The molecule has 0 atom stereocenters. The molecule has 166 valence electrons. The summed E-state index contributed by atoms with van der Waals surface area (Å²) in [4.78, 5) is 14.2. The maximum absolute atomic E-state index is 13.2. The summed E-state index contributed by atoms with van der Waals surface area (Å²) in [5.41, 5.74) is 2.05. The summed E-state index contributed by atoms with van der Waals surface area (Å²) in [7, 11) is 0. The van der Waals surface area contributed by atoms with Crippen molar-refractivity contribution in [2.45, 2.75) is 32.9 Å². The van der Waals surface area contributed by atoms with E-state index in [0.717, 1.165) is 49.2 Å². The normalized spacial score (nSPS) is 13.8. The van der Waals surface area contributed by atoms with Gasteiger partial charge in [0.15, 0.2) is 11.7 Å². The van der Waals surface area contributed by atoms with Crippen molar-refractivity contribution >= 4 is 34.6 Å². The van der Waals surface area contributed by atoms with E-state index in [0.29, 0.717) is 11.4 Å². The third kappa shape index (κ3) is 6.33. The molecule has 0 bridgehead atoms. The van der Waals surface area contributed by atoms with Gasteiger partial charge >= 0.3 is 6.18 Å². The van der Waals surface area contributed by atoms with Crippen LogP contribution in [0.25, 0.3) is 0 Å². The molecule has 9 heteroatoms. The molecule has 1 saturated heterocycles. The number of nitrogens with zero attached hydrogens (tertiary/aromatic N) is 1. The van der Waals surface area contributed by atoms with Crippen LogP contribution >= 0.6 is 12.2 Å². The number of carbonyl (C=O) groups is 1. The molecule has 0 saturated carbocycles. The van der Waals surface area contributed by atoms with Gasteiger partial charge in [0.1, 0.15) is 5.75 Å². The Hall–Kier alpha value is -2.81. The molecule has 1 aliphatic rings. The highest BCUT2D eigenvalue weighted by Gasteiger charge is 2.32. The van der Waals surface area contributed by atoms with Crippen LogP contribution in [0, 0.1) is 13.8 Å². The molecule has 5 nitrogen and oxygen atoms in total. The summed E-state index contributed by atoms with van der Waals surface area (Å²) in [5.74, 6) is 0.0482. The lowest BCUT2D eigenvalue weighted by molar-refractivity contribution is -0.137. The average molecular weight is 452 g/mol. The maximum Gasteiger partial charge on any atom is 0.416 e. The molecule has 0 unspecified atom stereocenters. The Kier molecular flexibility index (Phi) is 7.04. The van der Waals surface area contributed by atoms with Crippen molar-refractivity contribution in [2.24, 2.45) is 0 Å². The van der Waals surface area contributed by atoms with E-state index in [2.05, 4.69) is 10.6 Å². The van der Waals surface area contributed by atoms with E-state index < -0.39 is 17.6 Å². The van der Waals surface area contributed by atoms with E-state index in [1.54, 1.807) is 0 Å². The first-order valence-electron chi connectivity index (χ1n) is 9.90. The molecule has 2 N–H and O–H groups in total. The van der Waals surface area contributed by atoms with Crippen LogP contribution in [0.2, 0.25) is 0 Å². The smallest absolute Gasteiger partial charge is 0.416 e. The number of halogens is 3. The molecule has 3 rings (SSSR count). The van der Waals surface area contributed by atoms with Gasteiger partial charge in [-0.1, -0.05) is 6.07 Å². The largest absolute Gasteiger partial charge is 0.484 e. The molecule has 1 aliphatic heterocycles. The molecular weight excluding hydrogens is 427 g/mol. The zero-order chi connectivity index (χ0) is 22.6. The van der Waals surface area contributed by atoms with Crippen LogP contribution in [0.15, 0.2) is 36.4 Å². The van der Waals surface area contributed by atoms with Gasteiger partial charge in [-0.15, -0.1) is 0 Å². The first kappa shape index (κ1) is 22.9. The topological polar surface area (TPSA) is 53.6 Å². The number of nitrogens with one attached hydrogen (secondary N) is 2. The first-order chi connectivity index (χ1) is 14.6. The van der Waals surface area contributed by atoms with Gasteiger partial charge in [-0.25, -0.2) is 0 Å². The van der Waals surface area contributed by atoms with E-state index in [4.69, 9.17) is 17.0 Å². The minimum atomic E-state index is -4.48. The van der Waals surface area contributed by atoms with Crippen LogP contribution in [-0.4, -0.2) is 30.7 Å². The molecule has 0 radical (unpaired) electrons. The highest BCUT2D eigenvalue weighted by molar-refractivity contribution is 7.80. The zero-order valence-corrected chi connectivity index (χ0v) is 18.1. The van der Waals surface area contributed by atoms with Crippen LogP contribution in [0.1, 0.15) is 29.5 Å². The summed E-state index contributed by atoms with van der Waals surface area (Å²) in [6, 6.07) is 9.10. The quantitative estimate of drug-likeness (QED) is 0.639. The maximum atomic E-state index is 13.2. The number of thiocarbonyl (C=S) groups is 1. The SMILES string of the molecule is Cc1cc(C)cc(OCC(=O)NC(=S)Nc2cc(C(F)(F)F)ccc2N2CCCC2)c1. The van der Waals surface area contributed by atoms with Crippen LogP contribution in [0.5, 0.6) is 5.75 Å². The number of carbonyl (C=O) groups excluding carboxylic acids is 1. The fourth-order valence-corrected chi connectivity index (χ4v) is 3.75. The number of anilines is 2. The minimum absolute atomic E-state index is 0.0891.